The van der Waals surface area contributed by atoms with Crippen molar-refractivity contribution in [2.75, 3.05) is 0 Å². The van der Waals surface area contributed by atoms with Crippen LogP contribution in [0.5, 0.6) is 0 Å². The third-order valence-electron chi connectivity index (χ3n) is 2.82. The number of rotatable bonds is 5. The normalized spacial score (nSPS) is 12.7. The van der Waals surface area contributed by atoms with Gasteiger partial charge in [-0.25, -0.2) is 0 Å². The van der Waals surface area contributed by atoms with Gasteiger partial charge in [0.15, 0.2) is 0 Å². The number of carbonyl (C=O) groups is 2. The SMILES string of the molecule is CC(C)(CC(=O)OS(=O)(=O)c1cccc(C(F)(F)F)c1)C(=O)O. The highest BCUT2D eigenvalue weighted by atomic mass is 32.2. The van der Waals surface area contributed by atoms with Crippen molar-refractivity contribution in [2.24, 2.45) is 5.41 Å². The van der Waals surface area contributed by atoms with Crippen LogP contribution in [0.15, 0.2) is 29.2 Å². The Morgan fingerprint density at radius 2 is 1.78 bits per heavy atom. The zero-order valence-corrected chi connectivity index (χ0v) is 12.9. The first-order chi connectivity index (χ1) is 10.3. The average molecular weight is 354 g/mol. The van der Waals surface area contributed by atoms with Gasteiger partial charge < -0.3 is 9.29 Å². The molecule has 0 aromatic heterocycles. The van der Waals surface area contributed by atoms with E-state index < -0.39 is 50.5 Å². The number of alkyl halides is 3. The zero-order valence-electron chi connectivity index (χ0n) is 12.0. The molecule has 128 valence electrons. The average Bonchev–Trinajstić information content (AvgIpc) is 2.36. The Hall–Kier alpha value is -2.10. The smallest absolute Gasteiger partial charge is 0.416 e. The first-order valence-electron chi connectivity index (χ1n) is 6.14. The summed E-state index contributed by atoms with van der Waals surface area (Å²) in [5.41, 5.74) is -2.80. The molecule has 1 aromatic carbocycles. The number of hydrogen-bond acceptors (Lipinski definition) is 5. The number of carbonyl (C=O) groups excluding carboxylic acids is 1. The first-order valence-corrected chi connectivity index (χ1v) is 7.54. The van der Waals surface area contributed by atoms with Crippen molar-refractivity contribution in [2.45, 2.75) is 31.3 Å². The minimum atomic E-state index is -4.78. The summed E-state index contributed by atoms with van der Waals surface area (Å²) < 4.78 is 65.5. The van der Waals surface area contributed by atoms with Crippen LogP contribution in [0.2, 0.25) is 0 Å². The molecule has 1 N–H and O–H groups in total. The molecule has 0 bridgehead atoms. The van der Waals surface area contributed by atoms with Crippen LogP contribution in [0.25, 0.3) is 0 Å². The van der Waals surface area contributed by atoms with Crippen molar-refractivity contribution in [1.82, 2.24) is 0 Å². The minimum Gasteiger partial charge on any atom is -0.481 e. The van der Waals surface area contributed by atoms with Gasteiger partial charge in [0.1, 0.15) is 4.90 Å². The maximum absolute atomic E-state index is 12.6. The zero-order chi connectivity index (χ0) is 18.1. The molecule has 0 saturated heterocycles. The van der Waals surface area contributed by atoms with Crippen molar-refractivity contribution in [3.05, 3.63) is 29.8 Å². The number of hydrogen-bond donors (Lipinski definition) is 1. The number of aliphatic carboxylic acids is 1. The number of carboxylic acids is 1. The Bertz CT molecular complexity index is 721. The van der Waals surface area contributed by atoms with E-state index in [0.717, 1.165) is 12.1 Å². The lowest BCUT2D eigenvalue weighted by molar-refractivity contribution is -0.152. The van der Waals surface area contributed by atoms with Crippen LogP contribution in [0, 0.1) is 5.41 Å². The summed E-state index contributed by atoms with van der Waals surface area (Å²) in [6.07, 6.45) is -5.53. The second-order valence-corrected chi connectivity index (χ2v) is 6.85. The van der Waals surface area contributed by atoms with E-state index in [1.165, 1.54) is 13.8 Å². The third kappa shape index (κ3) is 4.95. The Labute approximate surface area is 130 Å². The number of benzene rings is 1. The van der Waals surface area contributed by atoms with Gasteiger partial charge in [-0.1, -0.05) is 6.07 Å². The molecule has 0 unspecified atom stereocenters. The van der Waals surface area contributed by atoms with Crippen molar-refractivity contribution < 1.29 is 40.5 Å². The van der Waals surface area contributed by atoms with Crippen LogP contribution in [-0.2, 0) is 30.1 Å². The molecule has 0 amide bonds. The van der Waals surface area contributed by atoms with E-state index in [0.29, 0.717) is 12.1 Å². The van der Waals surface area contributed by atoms with E-state index in [-0.39, 0.29) is 0 Å². The predicted octanol–water partition coefficient (Wildman–Crippen LogP) is 2.44. The van der Waals surface area contributed by atoms with Crippen LogP contribution in [0.4, 0.5) is 13.2 Å². The summed E-state index contributed by atoms with van der Waals surface area (Å²) in [6.45, 7) is 2.35. The maximum Gasteiger partial charge on any atom is 0.416 e. The second kappa shape index (κ2) is 6.19. The van der Waals surface area contributed by atoms with Crippen molar-refractivity contribution in [3.8, 4) is 0 Å². The lowest BCUT2D eigenvalue weighted by Gasteiger charge is -2.17. The molecule has 0 fully saturated rings. The molecule has 0 aliphatic heterocycles. The van der Waals surface area contributed by atoms with Gasteiger partial charge in [0.25, 0.3) is 0 Å². The highest BCUT2D eigenvalue weighted by molar-refractivity contribution is 7.87. The van der Waals surface area contributed by atoms with Crippen LogP contribution in [0.3, 0.4) is 0 Å². The Balaban J connectivity index is 3.01. The molecule has 1 rings (SSSR count). The molecule has 0 spiro atoms. The highest BCUT2D eigenvalue weighted by Crippen LogP contribution is 2.31. The molecule has 0 heterocycles. The molecule has 0 atom stereocenters. The van der Waals surface area contributed by atoms with E-state index >= 15 is 0 Å². The Morgan fingerprint density at radius 1 is 1.22 bits per heavy atom. The largest absolute Gasteiger partial charge is 0.481 e. The molecule has 0 saturated carbocycles. The van der Waals surface area contributed by atoms with Crippen LogP contribution < -0.4 is 0 Å². The van der Waals surface area contributed by atoms with E-state index in [1.54, 1.807) is 0 Å². The maximum atomic E-state index is 12.6. The minimum absolute atomic E-state index is 0.324. The van der Waals surface area contributed by atoms with Gasteiger partial charge in [-0.15, -0.1) is 0 Å². The summed E-state index contributed by atoms with van der Waals surface area (Å²) in [5, 5.41) is 8.85. The standard InChI is InChI=1S/C13H13F3O6S/c1-12(2,11(18)19)7-10(17)22-23(20,21)9-5-3-4-8(6-9)13(14,15)16/h3-6H,7H2,1-2H3,(H,18,19). The summed E-state index contributed by atoms with van der Waals surface area (Å²) >= 11 is 0. The molecule has 0 radical (unpaired) electrons. The fraction of sp³-hybridized carbons (Fsp3) is 0.385. The second-order valence-electron chi connectivity index (χ2n) is 5.30. The summed E-state index contributed by atoms with van der Waals surface area (Å²) in [4.78, 5) is 21.6. The third-order valence-corrected chi connectivity index (χ3v) is 4.05. The van der Waals surface area contributed by atoms with E-state index in [2.05, 4.69) is 4.18 Å². The predicted molar refractivity (Wildman–Crippen MR) is 70.8 cm³/mol. The monoisotopic (exact) mass is 354 g/mol. The van der Waals surface area contributed by atoms with Gasteiger partial charge in [-0.2, -0.15) is 21.6 Å². The lowest BCUT2D eigenvalue weighted by Crippen LogP contribution is -2.28. The molecule has 6 nitrogen and oxygen atoms in total. The number of halogens is 3. The van der Waals surface area contributed by atoms with Crippen LogP contribution in [0.1, 0.15) is 25.8 Å². The van der Waals surface area contributed by atoms with Crippen molar-refractivity contribution >= 4 is 22.1 Å². The quantitative estimate of drug-likeness (QED) is 0.816. The van der Waals surface area contributed by atoms with E-state index in [4.69, 9.17) is 5.11 Å². The molecule has 1 aromatic rings. The Morgan fingerprint density at radius 3 is 2.26 bits per heavy atom. The van der Waals surface area contributed by atoms with Gasteiger partial charge >= 0.3 is 28.2 Å². The fourth-order valence-electron chi connectivity index (χ4n) is 1.46. The molecule has 10 heteroatoms. The van der Waals surface area contributed by atoms with Crippen LogP contribution in [-0.4, -0.2) is 25.5 Å². The first kappa shape index (κ1) is 18.9. The van der Waals surface area contributed by atoms with Crippen molar-refractivity contribution in [1.29, 1.82) is 0 Å². The van der Waals surface area contributed by atoms with Gasteiger partial charge in [0, 0.05) is 0 Å². The van der Waals surface area contributed by atoms with Gasteiger partial charge in [0.2, 0.25) is 0 Å². The molecule has 23 heavy (non-hydrogen) atoms. The van der Waals surface area contributed by atoms with Crippen LogP contribution >= 0.6 is 0 Å². The van der Waals surface area contributed by atoms with Crippen molar-refractivity contribution in [3.63, 3.8) is 0 Å². The molecular weight excluding hydrogens is 341 g/mol. The number of carboxylic acid groups (broad SMARTS) is 1. The highest BCUT2D eigenvalue weighted by Gasteiger charge is 2.35. The summed E-state index contributed by atoms with van der Waals surface area (Å²) in [5.74, 6) is -2.74. The van der Waals surface area contributed by atoms with Gasteiger partial charge in [0.05, 0.1) is 17.4 Å². The van der Waals surface area contributed by atoms with E-state index in [1.807, 2.05) is 0 Å². The van der Waals surface area contributed by atoms with Gasteiger partial charge in [-0.3, -0.25) is 9.59 Å². The lowest BCUT2D eigenvalue weighted by atomic mass is 9.90. The van der Waals surface area contributed by atoms with E-state index in [9.17, 15) is 31.2 Å². The fourth-order valence-corrected chi connectivity index (χ4v) is 2.38. The van der Waals surface area contributed by atoms with Gasteiger partial charge in [-0.05, 0) is 32.0 Å². The summed E-state index contributed by atoms with van der Waals surface area (Å²) in [6, 6.07) is 2.67. The molecule has 0 aliphatic rings. The Kier molecular flexibility index (Phi) is 5.10. The molecular formula is C13H13F3O6S. The topological polar surface area (TPSA) is 97.7 Å². The molecule has 0 aliphatic carbocycles. The summed E-state index contributed by atoms with van der Waals surface area (Å²) in [7, 11) is -4.78.